The summed E-state index contributed by atoms with van der Waals surface area (Å²) in [6.07, 6.45) is 1.61. The summed E-state index contributed by atoms with van der Waals surface area (Å²) >= 11 is 6.24. The van der Waals surface area contributed by atoms with E-state index in [0.29, 0.717) is 16.1 Å². The zero-order chi connectivity index (χ0) is 18.8. The number of aromatic nitrogens is 1. The van der Waals surface area contributed by atoms with Gasteiger partial charge in [-0.25, -0.2) is 14.2 Å². The van der Waals surface area contributed by atoms with Crippen molar-refractivity contribution in [3.8, 4) is 11.1 Å². The number of hydrogen-bond donors (Lipinski definition) is 3. The molecule has 1 fully saturated rings. The summed E-state index contributed by atoms with van der Waals surface area (Å²) < 4.78 is 14.2. The third-order valence-corrected chi connectivity index (χ3v) is 4.50. The fourth-order valence-electron chi connectivity index (χ4n) is 2.61. The molecule has 3 rings (SSSR count). The van der Waals surface area contributed by atoms with Crippen LogP contribution in [0.15, 0.2) is 30.5 Å². The number of nitrogens with zero attached hydrogens (tertiary/aromatic N) is 1. The number of nitrogens with one attached hydrogen (secondary N) is 2. The van der Waals surface area contributed by atoms with E-state index in [-0.39, 0.29) is 23.2 Å². The van der Waals surface area contributed by atoms with Crippen LogP contribution in [-0.2, 0) is 4.79 Å². The van der Waals surface area contributed by atoms with Crippen LogP contribution in [0.2, 0.25) is 5.02 Å². The monoisotopic (exact) mass is 377 g/mol. The van der Waals surface area contributed by atoms with Crippen molar-refractivity contribution < 1.29 is 19.1 Å². The summed E-state index contributed by atoms with van der Waals surface area (Å²) in [5, 5.41) is 14.1. The normalized spacial score (nSPS) is 14.6. The first kappa shape index (κ1) is 18.1. The molecule has 1 heterocycles. The van der Waals surface area contributed by atoms with Gasteiger partial charge in [-0.1, -0.05) is 23.7 Å². The van der Waals surface area contributed by atoms with Crippen LogP contribution in [-0.4, -0.2) is 22.1 Å². The Kier molecular flexibility index (Phi) is 5.08. The van der Waals surface area contributed by atoms with Crippen LogP contribution >= 0.6 is 11.6 Å². The molecule has 2 amide bonds. The molecule has 136 valence electrons. The van der Waals surface area contributed by atoms with Crippen molar-refractivity contribution >= 4 is 29.4 Å². The SMILES string of the molecule is CC(NC(=O)O)c1ccc(-c2cc(NC(=O)C3CC3)ncc2F)cc1Cl. The maximum absolute atomic E-state index is 14.2. The van der Waals surface area contributed by atoms with Gasteiger partial charge in [0.15, 0.2) is 0 Å². The Bertz CT molecular complexity index is 871. The van der Waals surface area contributed by atoms with E-state index in [4.69, 9.17) is 16.7 Å². The van der Waals surface area contributed by atoms with Crippen LogP contribution in [0.25, 0.3) is 11.1 Å². The first-order valence-electron chi connectivity index (χ1n) is 8.11. The molecule has 0 bridgehead atoms. The summed E-state index contributed by atoms with van der Waals surface area (Å²) in [5.41, 5.74) is 1.33. The van der Waals surface area contributed by atoms with Gasteiger partial charge in [-0.05, 0) is 43.0 Å². The largest absolute Gasteiger partial charge is 0.465 e. The third kappa shape index (κ3) is 4.11. The molecule has 1 atom stereocenters. The number of benzene rings is 1. The summed E-state index contributed by atoms with van der Waals surface area (Å²) in [7, 11) is 0. The number of hydrogen-bond acceptors (Lipinski definition) is 3. The first-order chi connectivity index (χ1) is 12.3. The van der Waals surface area contributed by atoms with Crippen LogP contribution in [0, 0.1) is 11.7 Å². The van der Waals surface area contributed by atoms with Crippen LogP contribution in [0.1, 0.15) is 31.4 Å². The number of anilines is 1. The quantitative estimate of drug-likeness (QED) is 0.727. The van der Waals surface area contributed by atoms with Crippen LogP contribution in [0.3, 0.4) is 0 Å². The number of pyridine rings is 1. The molecule has 2 aromatic rings. The lowest BCUT2D eigenvalue weighted by Crippen LogP contribution is -2.24. The molecule has 0 spiro atoms. The lowest BCUT2D eigenvalue weighted by atomic mass is 10.0. The molecule has 1 saturated carbocycles. The van der Waals surface area contributed by atoms with Crippen molar-refractivity contribution in [3.63, 3.8) is 0 Å². The van der Waals surface area contributed by atoms with Gasteiger partial charge in [0.05, 0.1) is 12.2 Å². The van der Waals surface area contributed by atoms with Gasteiger partial charge in [-0.2, -0.15) is 0 Å². The Hall–Kier alpha value is -2.67. The summed E-state index contributed by atoms with van der Waals surface area (Å²) in [4.78, 5) is 26.5. The van der Waals surface area contributed by atoms with Crippen LogP contribution in [0.4, 0.5) is 15.0 Å². The molecule has 1 aromatic heterocycles. The highest BCUT2D eigenvalue weighted by Gasteiger charge is 2.30. The number of rotatable bonds is 5. The maximum Gasteiger partial charge on any atom is 0.405 e. The van der Waals surface area contributed by atoms with Gasteiger partial charge in [0.2, 0.25) is 5.91 Å². The Morgan fingerprint density at radius 1 is 1.35 bits per heavy atom. The van der Waals surface area contributed by atoms with Crippen molar-refractivity contribution in [1.82, 2.24) is 10.3 Å². The van der Waals surface area contributed by atoms with E-state index in [1.54, 1.807) is 25.1 Å². The average Bonchev–Trinajstić information content (AvgIpc) is 3.40. The highest BCUT2D eigenvalue weighted by Crippen LogP contribution is 2.33. The molecular weight excluding hydrogens is 361 g/mol. The lowest BCUT2D eigenvalue weighted by molar-refractivity contribution is -0.117. The van der Waals surface area contributed by atoms with Gasteiger partial charge in [0.25, 0.3) is 0 Å². The summed E-state index contributed by atoms with van der Waals surface area (Å²) in [6.45, 7) is 1.66. The second-order valence-electron chi connectivity index (χ2n) is 6.22. The van der Waals surface area contributed by atoms with E-state index in [2.05, 4.69) is 15.6 Å². The standard InChI is InChI=1S/C18H17ClFN3O3/c1-9(22-18(25)26)12-5-4-11(6-14(12)19)13-7-16(21-8-15(13)20)23-17(24)10-2-3-10/h4-10,22H,2-3H2,1H3,(H,25,26)(H,21,23,24). The molecule has 1 aromatic carbocycles. The molecule has 1 aliphatic rings. The lowest BCUT2D eigenvalue weighted by Gasteiger charge is -2.15. The second-order valence-corrected chi connectivity index (χ2v) is 6.63. The van der Waals surface area contributed by atoms with Gasteiger partial charge in [-0.3, -0.25) is 4.79 Å². The maximum atomic E-state index is 14.2. The number of halogens is 2. The second kappa shape index (κ2) is 7.29. The van der Waals surface area contributed by atoms with Gasteiger partial charge >= 0.3 is 6.09 Å². The average molecular weight is 378 g/mol. The van der Waals surface area contributed by atoms with Crippen LogP contribution in [0.5, 0.6) is 0 Å². The minimum atomic E-state index is -1.16. The highest BCUT2D eigenvalue weighted by atomic mass is 35.5. The zero-order valence-electron chi connectivity index (χ0n) is 13.9. The first-order valence-corrected chi connectivity index (χ1v) is 8.48. The van der Waals surface area contributed by atoms with E-state index < -0.39 is 18.0 Å². The molecule has 0 saturated heterocycles. The van der Waals surface area contributed by atoms with Crippen molar-refractivity contribution in [2.45, 2.75) is 25.8 Å². The van der Waals surface area contributed by atoms with Crippen molar-refractivity contribution in [3.05, 3.63) is 46.9 Å². The Balaban J connectivity index is 1.87. The third-order valence-electron chi connectivity index (χ3n) is 4.17. The van der Waals surface area contributed by atoms with Crippen molar-refractivity contribution in [2.75, 3.05) is 5.32 Å². The van der Waals surface area contributed by atoms with E-state index in [9.17, 15) is 14.0 Å². The van der Waals surface area contributed by atoms with Gasteiger partial charge in [-0.15, -0.1) is 0 Å². The number of amides is 2. The van der Waals surface area contributed by atoms with Crippen LogP contribution < -0.4 is 10.6 Å². The highest BCUT2D eigenvalue weighted by molar-refractivity contribution is 6.31. The van der Waals surface area contributed by atoms with E-state index in [1.165, 1.54) is 6.07 Å². The Labute approximate surface area is 154 Å². The molecule has 8 heteroatoms. The molecule has 1 aliphatic carbocycles. The fourth-order valence-corrected chi connectivity index (χ4v) is 2.96. The predicted octanol–water partition coefficient (Wildman–Crippen LogP) is 4.22. The topological polar surface area (TPSA) is 91.3 Å². The molecule has 1 unspecified atom stereocenters. The van der Waals surface area contributed by atoms with E-state index in [0.717, 1.165) is 19.0 Å². The summed E-state index contributed by atoms with van der Waals surface area (Å²) in [5.74, 6) is -0.367. The fraction of sp³-hybridized carbons (Fsp3) is 0.278. The van der Waals surface area contributed by atoms with Gasteiger partial charge in [0.1, 0.15) is 11.6 Å². The van der Waals surface area contributed by atoms with E-state index in [1.807, 2.05) is 0 Å². The Morgan fingerprint density at radius 2 is 2.08 bits per heavy atom. The summed E-state index contributed by atoms with van der Waals surface area (Å²) in [6, 6.07) is 5.79. The minimum Gasteiger partial charge on any atom is -0.465 e. The number of carbonyl (C=O) groups is 2. The molecule has 3 N–H and O–H groups in total. The molecule has 6 nitrogen and oxygen atoms in total. The predicted molar refractivity (Wildman–Crippen MR) is 95.6 cm³/mol. The van der Waals surface area contributed by atoms with Gasteiger partial charge < -0.3 is 15.7 Å². The number of carbonyl (C=O) groups excluding carboxylic acids is 1. The minimum absolute atomic E-state index is 0.0160. The van der Waals surface area contributed by atoms with Crippen molar-refractivity contribution in [1.29, 1.82) is 0 Å². The molecule has 26 heavy (non-hydrogen) atoms. The van der Waals surface area contributed by atoms with Gasteiger partial charge in [0, 0.05) is 16.5 Å². The Morgan fingerprint density at radius 3 is 2.69 bits per heavy atom. The molecule has 0 aliphatic heterocycles. The van der Waals surface area contributed by atoms with E-state index >= 15 is 0 Å². The molecular formula is C18H17ClFN3O3. The molecule has 0 radical (unpaired) electrons. The van der Waals surface area contributed by atoms with Crippen molar-refractivity contribution in [2.24, 2.45) is 5.92 Å². The zero-order valence-corrected chi connectivity index (χ0v) is 14.7. The number of carboxylic acid groups (broad SMARTS) is 1. The smallest absolute Gasteiger partial charge is 0.405 e.